The fraction of sp³-hybridized carbons (Fsp3) is 0.304. The highest BCUT2D eigenvalue weighted by Crippen LogP contribution is 2.28. The first-order chi connectivity index (χ1) is 14.8. The molecule has 2 amide bonds. The number of rotatable bonds is 3. The Labute approximate surface area is 179 Å². The molecule has 0 spiro atoms. The number of nitrogens with zero attached hydrogens (tertiary/aromatic N) is 4. The molecule has 3 heterocycles. The summed E-state index contributed by atoms with van der Waals surface area (Å²) in [6.45, 7) is 3.07. The number of amides is 2. The molecule has 1 aromatic carbocycles. The first kappa shape index (κ1) is 20.6. The summed E-state index contributed by atoms with van der Waals surface area (Å²) in [7, 11) is 1.72. The van der Waals surface area contributed by atoms with Gasteiger partial charge in [-0.15, -0.1) is 0 Å². The summed E-state index contributed by atoms with van der Waals surface area (Å²) in [4.78, 5) is 29.8. The number of piperidine rings is 1. The SMILES string of the molecule is CCn1ncc2c(-c3cccc(C#CC4(O)CCN(C)C(=O)C4)c3)nc(C(N)=O)cc21. The van der Waals surface area contributed by atoms with Gasteiger partial charge in [-0.3, -0.25) is 14.3 Å². The maximum Gasteiger partial charge on any atom is 0.267 e. The molecule has 158 valence electrons. The maximum absolute atomic E-state index is 11.9. The van der Waals surface area contributed by atoms with E-state index < -0.39 is 11.5 Å². The van der Waals surface area contributed by atoms with E-state index in [4.69, 9.17) is 5.73 Å². The molecule has 1 atom stereocenters. The number of fused-ring (bicyclic) bond motifs is 1. The monoisotopic (exact) mass is 417 g/mol. The number of pyridine rings is 1. The van der Waals surface area contributed by atoms with Gasteiger partial charge in [0.25, 0.3) is 5.91 Å². The molecule has 0 aliphatic carbocycles. The van der Waals surface area contributed by atoms with Gasteiger partial charge in [0.1, 0.15) is 11.3 Å². The van der Waals surface area contributed by atoms with Gasteiger partial charge in [0.15, 0.2) is 0 Å². The van der Waals surface area contributed by atoms with Crippen LogP contribution in [0.1, 0.15) is 35.8 Å². The minimum Gasteiger partial charge on any atom is -0.377 e. The average molecular weight is 417 g/mol. The zero-order valence-electron chi connectivity index (χ0n) is 17.4. The second-order valence-corrected chi connectivity index (χ2v) is 7.72. The molecule has 1 aliphatic heterocycles. The lowest BCUT2D eigenvalue weighted by Crippen LogP contribution is -2.45. The normalized spacial score (nSPS) is 18.7. The molecule has 1 fully saturated rings. The van der Waals surface area contributed by atoms with Crippen molar-refractivity contribution in [1.82, 2.24) is 19.7 Å². The van der Waals surface area contributed by atoms with E-state index in [1.807, 2.05) is 31.2 Å². The molecule has 3 aromatic rings. The Balaban J connectivity index is 1.75. The molecule has 1 aliphatic rings. The van der Waals surface area contributed by atoms with Crippen molar-refractivity contribution in [1.29, 1.82) is 0 Å². The first-order valence-electron chi connectivity index (χ1n) is 10.1. The quantitative estimate of drug-likeness (QED) is 0.628. The summed E-state index contributed by atoms with van der Waals surface area (Å²) in [6.07, 6.45) is 2.10. The molecule has 0 saturated carbocycles. The predicted molar refractivity (Wildman–Crippen MR) is 116 cm³/mol. The Kier molecular flexibility index (Phi) is 5.21. The van der Waals surface area contributed by atoms with Gasteiger partial charge < -0.3 is 15.7 Å². The second-order valence-electron chi connectivity index (χ2n) is 7.72. The predicted octanol–water partition coefficient (Wildman–Crippen LogP) is 1.55. The number of nitrogens with two attached hydrogens (primary N) is 1. The van der Waals surface area contributed by atoms with Crippen LogP contribution in [-0.2, 0) is 11.3 Å². The topological polar surface area (TPSA) is 114 Å². The van der Waals surface area contributed by atoms with Crippen LogP contribution in [0.25, 0.3) is 22.2 Å². The Bertz CT molecular complexity index is 1250. The summed E-state index contributed by atoms with van der Waals surface area (Å²) in [5.74, 6) is 5.12. The van der Waals surface area contributed by atoms with Gasteiger partial charge in [0.2, 0.25) is 5.91 Å². The van der Waals surface area contributed by atoms with Crippen molar-refractivity contribution in [3.05, 3.63) is 47.8 Å². The number of carbonyl (C=O) groups excluding carboxylic acids is 2. The van der Waals surface area contributed by atoms with E-state index in [1.54, 1.807) is 28.9 Å². The molecule has 0 radical (unpaired) electrons. The number of primary amides is 1. The van der Waals surface area contributed by atoms with Gasteiger partial charge in [-0.2, -0.15) is 5.10 Å². The number of carbonyl (C=O) groups is 2. The van der Waals surface area contributed by atoms with Gasteiger partial charge in [0.05, 0.1) is 23.8 Å². The number of aryl methyl sites for hydroxylation is 1. The van der Waals surface area contributed by atoms with Gasteiger partial charge in [0, 0.05) is 43.1 Å². The van der Waals surface area contributed by atoms with Gasteiger partial charge in [-0.1, -0.05) is 24.0 Å². The molecule has 31 heavy (non-hydrogen) atoms. The maximum atomic E-state index is 11.9. The van der Waals surface area contributed by atoms with Crippen LogP contribution in [0.4, 0.5) is 0 Å². The highest BCUT2D eigenvalue weighted by atomic mass is 16.3. The smallest absolute Gasteiger partial charge is 0.267 e. The minimum absolute atomic E-state index is 0.0186. The lowest BCUT2D eigenvalue weighted by molar-refractivity contribution is -0.138. The van der Waals surface area contributed by atoms with E-state index in [1.165, 1.54) is 0 Å². The molecule has 3 N–H and O–H groups in total. The second kappa shape index (κ2) is 7.85. The van der Waals surface area contributed by atoms with Crippen molar-refractivity contribution in [2.45, 2.75) is 31.9 Å². The minimum atomic E-state index is -1.33. The molecular formula is C23H23N5O3. The van der Waals surface area contributed by atoms with E-state index >= 15 is 0 Å². The first-order valence-corrected chi connectivity index (χ1v) is 10.1. The summed E-state index contributed by atoms with van der Waals surface area (Å²) in [6, 6.07) is 9.00. The Morgan fingerprint density at radius 2 is 2.16 bits per heavy atom. The van der Waals surface area contributed by atoms with Crippen LogP contribution in [0.3, 0.4) is 0 Å². The van der Waals surface area contributed by atoms with E-state index in [2.05, 4.69) is 21.9 Å². The molecule has 2 aromatic heterocycles. The Morgan fingerprint density at radius 1 is 1.35 bits per heavy atom. The lowest BCUT2D eigenvalue weighted by Gasteiger charge is -2.32. The van der Waals surface area contributed by atoms with Crippen molar-refractivity contribution >= 4 is 22.7 Å². The number of likely N-dealkylation sites (tertiary alicyclic amines) is 1. The molecule has 1 saturated heterocycles. The largest absolute Gasteiger partial charge is 0.377 e. The van der Waals surface area contributed by atoms with E-state index in [0.29, 0.717) is 30.8 Å². The summed E-state index contributed by atoms with van der Waals surface area (Å²) >= 11 is 0. The standard InChI is InChI=1S/C23H23N5O3/c1-3-28-19-12-18(22(24)30)26-21(17(19)14-25-28)16-6-4-5-15(11-16)7-8-23(31)9-10-27(2)20(29)13-23/h4-6,11-12,14,31H,3,9-10,13H2,1-2H3,(H2,24,30). The van der Waals surface area contributed by atoms with Crippen molar-refractivity contribution in [2.24, 2.45) is 5.73 Å². The van der Waals surface area contributed by atoms with Crippen LogP contribution in [0.2, 0.25) is 0 Å². The van der Waals surface area contributed by atoms with Gasteiger partial charge >= 0.3 is 0 Å². The van der Waals surface area contributed by atoms with E-state index in [-0.39, 0.29) is 18.0 Å². The molecular weight excluding hydrogens is 394 g/mol. The van der Waals surface area contributed by atoms with Gasteiger partial charge in [-0.25, -0.2) is 4.98 Å². The molecule has 8 heteroatoms. The zero-order valence-corrected chi connectivity index (χ0v) is 17.4. The zero-order chi connectivity index (χ0) is 22.2. The van der Waals surface area contributed by atoms with Crippen LogP contribution in [0.15, 0.2) is 36.5 Å². The molecule has 8 nitrogen and oxygen atoms in total. The van der Waals surface area contributed by atoms with Crippen LogP contribution < -0.4 is 5.73 Å². The highest BCUT2D eigenvalue weighted by Gasteiger charge is 2.34. The fourth-order valence-electron chi connectivity index (χ4n) is 3.66. The van der Waals surface area contributed by atoms with Crippen LogP contribution in [0.5, 0.6) is 0 Å². The van der Waals surface area contributed by atoms with Crippen LogP contribution in [-0.4, -0.2) is 55.8 Å². The molecule has 1 unspecified atom stereocenters. The third-order valence-corrected chi connectivity index (χ3v) is 5.50. The fourth-order valence-corrected chi connectivity index (χ4v) is 3.66. The number of hydrogen-bond donors (Lipinski definition) is 2. The van der Waals surface area contributed by atoms with Crippen molar-refractivity contribution in [3.8, 4) is 23.1 Å². The van der Waals surface area contributed by atoms with Crippen molar-refractivity contribution < 1.29 is 14.7 Å². The summed E-state index contributed by atoms with van der Waals surface area (Å²) < 4.78 is 1.78. The third-order valence-electron chi connectivity index (χ3n) is 5.50. The van der Waals surface area contributed by atoms with E-state index in [0.717, 1.165) is 16.5 Å². The number of hydrogen-bond acceptors (Lipinski definition) is 5. The average Bonchev–Trinajstić information content (AvgIpc) is 3.18. The molecule has 4 rings (SSSR count). The van der Waals surface area contributed by atoms with Crippen molar-refractivity contribution in [2.75, 3.05) is 13.6 Å². The highest BCUT2D eigenvalue weighted by molar-refractivity contribution is 5.99. The third kappa shape index (κ3) is 4.00. The summed E-state index contributed by atoms with van der Waals surface area (Å²) in [5, 5.41) is 15.9. The van der Waals surface area contributed by atoms with E-state index in [9.17, 15) is 14.7 Å². The number of aromatic nitrogens is 3. The van der Waals surface area contributed by atoms with Crippen LogP contribution >= 0.6 is 0 Å². The Hall–Kier alpha value is -3.70. The number of aliphatic hydroxyl groups is 1. The molecule has 0 bridgehead atoms. The number of benzene rings is 1. The summed E-state index contributed by atoms with van der Waals surface area (Å²) in [5.41, 5.74) is 7.10. The lowest BCUT2D eigenvalue weighted by atomic mass is 9.91. The van der Waals surface area contributed by atoms with Crippen molar-refractivity contribution in [3.63, 3.8) is 0 Å². The van der Waals surface area contributed by atoms with Gasteiger partial charge in [-0.05, 0) is 25.1 Å². The van der Waals surface area contributed by atoms with Crippen LogP contribution in [0, 0.1) is 11.8 Å². The Morgan fingerprint density at radius 3 is 2.87 bits per heavy atom.